The van der Waals surface area contributed by atoms with Crippen LogP contribution in [0.2, 0.25) is 0 Å². The second-order valence-electron chi connectivity index (χ2n) is 6.88. The fourth-order valence-corrected chi connectivity index (χ4v) is 2.80. The molecule has 1 unspecified atom stereocenters. The van der Waals surface area contributed by atoms with E-state index in [1.54, 1.807) is 13.0 Å². The molecule has 1 aromatic carbocycles. The highest BCUT2D eigenvalue weighted by molar-refractivity contribution is 6.17. The number of benzene rings is 1. The van der Waals surface area contributed by atoms with Gasteiger partial charge in [-0.1, -0.05) is 44.2 Å². The molecule has 1 aliphatic heterocycles. The van der Waals surface area contributed by atoms with E-state index in [0.29, 0.717) is 12.1 Å². The fraction of sp³-hybridized carbons (Fsp3) is 0.300. The number of amidine groups is 1. The van der Waals surface area contributed by atoms with E-state index in [0.717, 1.165) is 5.56 Å². The van der Waals surface area contributed by atoms with Crippen LogP contribution in [0.25, 0.3) is 0 Å². The summed E-state index contributed by atoms with van der Waals surface area (Å²) in [5, 5.41) is 12.2. The average Bonchev–Trinajstić information content (AvgIpc) is 2.92. The van der Waals surface area contributed by atoms with Crippen molar-refractivity contribution in [3.05, 3.63) is 65.0 Å². The zero-order chi connectivity index (χ0) is 18.9. The summed E-state index contributed by atoms with van der Waals surface area (Å²) in [6, 6.07) is 13.0. The summed E-state index contributed by atoms with van der Waals surface area (Å²) in [7, 11) is 0. The van der Waals surface area contributed by atoms with Gasteiger partial charge >= 0.3 is 5.97 Å². The first-order valence-electron chi connectivity index (χ1n) is 8.50. The summed E-state index contributed by atoms with van der Waals surface area (Å²) in [6.45, 7) is 5.56. The van der Waals surface area contributed by atoms with Gasteiger partial charge < -0.3 is 10.4 Å². The largest absolute Gasteiger partial charge is 0.478 e. The molecule has 1 amide bonds. The number of rotatable bonds is 5. The fourth-order valence-electron chi connectivity index (χ4n) is 2.80. The molecule has 26 heavy (non-hydrogen) atoms. The Kier molecular flexibility index (Phi) is 4.59. The molecule has 0 fully saturated rings. The number of nitrogens with one attached hydrogen (secondary N) is 1. The quantitative estimate of drug-likeness (QED) is 0.866. The van der Waals surface area contributed by atoms with Gasteiger partial charge in [0.05, 0.1) is 5.56 Å². The predicted molar refractivity (Wildman–Crippen MR) is 98.4 cm³/mol. The second kappa shape index (κ2) is 6.71. The molecular weight excluding hydrogens is 330 g/mol. The molecule has 2 aromatic rings. The number of aliphatic imine (C=N–C) groups is 1. The summed E-state index contributed by atoms with van der Waals surface area (Å²) in [5.41, 5.74) is 1.07. The lowest BCUT2D eigenvalue weighted by molar-refractivity contribution is -0.124. The van der Waals surface area contributed by atoms with Crippen LogP contribution in [0.1, 0.15) is 48.1 Å². The van der Waals surface area contributed by atoms with Crippen LogP contribution in [0.15, 0.2) is 47.5 Å². The van der Waals surface area contributed by atoms with Gasteiger partial charge in [0.1, 0.15) is 11.2 Å². The number of hydrogen-bond acceptors (Lipinski definition) is 4. The lowest BCUT2D eigenvalue weighted by atomic mass is 9.89. The van der Waals surface area contributed by atoms with E-state index in [2.05, 4.69) is 15.3 Å². The van der Waals surface area contributed by atoms with Crippen molar-refractivity contribution in [2.45, 2.75) is 32.7 Å². The second-order valence-corrected chi connectivity index (χ2v) is 6.88. The Bertz CT molecular complexity index is 890. The van der Waals surface area contributed by atoms with E-state index < -0.39 is 11.5 Å². The lowest BCUT2D eigenvalue weighted by Gasteiger charge is -2.21. The molecule has 0 saturated heterocycles. The lowest BCUT2D eigenvalue weighted by Crippen LogP contribution is -2.41. The van der Waals surface area contributed by atoms with E-state index in [9.17, 15) is 14.7 Å². The van der Waals surface area contributed by atoms with Crippen LogP contribution in [0.4, 0.5) is 0 Å². The number of carbonyl (C=O) groups is 2. The molecule has 0 saturated carbocycles. The van der Waals surface area contributed by atoms with Gasteiger partial charge in [0, 0.05) is 12.1 Å². The number of pyridine rings is 1. The Balaban J connectivity index is 2.03. The number of carboxylic acid groups (broad SMARTS) is 1. The molecule has 2 N–H and O–H groups in total. The highest BCUT2D eigenvalue weighted by Gasteiger charge is 2.43. The normalized spacial score (nSPS) is 19.4. The maximum absolute atomic E-state index is 12.4. The smallest absolute Gasteiger partial charge is 0.338 e. The van der Waals surface area contributed by atoms with Gasteiger partial charge in [-0.25, -0.2) is 14.8 Å². The summed E-state index contributed by atoms with van der Waals surface area (Å²) >= 11 is 0. The monoisotopic (exact) mass is 351 g/mol. The van der Waals surface area contributed by atoms with Crippen LogP contribution in [0, 0.1) is 5.92 Å². The number of aromatic nitrogens is 1. The van der Waals surface area contributed by atoms with Crippen molar-refractivity contribution in [1.82, 2.24) is 10.3 Å². The Morgan fingerprint density at radius 1 is 1.19 bits per heavy atom. The van der Waals surface area contributed by atoms with E-state index in [-0.39, 0.29) is 28.9 Å². The standard InChI is InChI=1S/C20H21N3O3/c1-12(2)20(3)19(26)22-17(23-20)16-15(18(24)25)10-9-14(21-16)11-13-7-5-4-6-8-13/h4-10,12H,11H2,1-3H3,(H,24,25)(H,22,23,26). The van der Waals surface area contributed by atoms with Crippen molar-refractivity contribution in [2.24, 2.45) is 10.9 Å². The third-order valence-electron chi connectivity index (χ3n) is 4.80. The maximum atomic E-state index is 12.4. The first-order valence-corrected chi connectivity index (χ1v) is 8.50. The number of amides is 1. The Morgan fingerprint density at radius 3 is 2.46 bits per heavy atom. The molecule has 0 aliphatic carbocycles. The number of aromatic carboxylic acids is 1. The molecule has 2 heterocycles. The number of carbonyl (C=O) groups excluding carboxylic acids is 1. The SMILES string of the molecule is CC(C)C1(C)N=C(c2nc(Cc3ccccc3)ccc2C(=O)O)NC1=O. The van der Waals surface area contributed by atoms with Crippen LogP contribution in [-0.4, -0.2) is 33.3 Å². The van der Waals surface area contributed by atoms with Crippen molar-refractivity contribution in [2.75, 3.05) is 0 Å². The van der Waals surface area contributed by atoms with Gasteiger partial charge in [0.25, 0.3) is 5.91 Å². The number of hydrogen-bond donors (Lipinski definition) is 2. The molecular formula is C20H21N3O3. The minimum absolute atomic E-state index is 0.0221. The maximum Gasteiger partial charge on any atom is 0.338 e. The van der Waals surface area contributed by atoms with Gasteiger partial charge in [-0.3, -0.25) is 4.79 Å². The zero-order valence-corrected chi connectivity index (χ0v) is 15.0. The topological polar surface area (TPSA) is 91.7 Å². The van der Waals surface area contributed by atoms with E-state index >= 15 is 0 Å². The first kappa shape index (κ1) is 17.8. The van der Waals surface area contributed by atoms with Crippen LogP contribution < -0.4 is 5.32 Å². The molecule has 1 aliphatic rings. The molecule has 134 valence electrons. The molecule has 6 nitrogen and oxygen atoms in total. The molecule has 1 aromatic heterocycles. The number of nitrogens with zero attached hydrogens (tertiary/aromatic N) is 2. The molecule has 0 radical (unpaired) electrons. The van der Waals surface area contributed by atoms with Crippen molar-refractivity contribution in [3.8, 4) is 0 Å². The molecule has 6 heteroatoms. The van der Waals surface area contributed by atoms with E-state index in [4.69, 9.17) is 0 Å². The highest BCUT2D eigenvalue weighted by Crippen LogP contribution is 2.27. The third-order valence-corrected chi connectivity index (χ3v) is 4.80. The minimum Gasteiger partial charge on any atom is -0.478 e. The average molecular weight is 351 g/mol. The van der Waals surface area contributed by atoms with Crippen molar-refractivity contribution in [1.29, 1.82) is 0 Å². The minimum atomic E-state index is -1.10. The van der Waals surface area contributed by atoms with Crippen molar-refractivity contribution < 1.29 is 14.7 Å². The molecule has 1 atom stereocenters. The van der Waals surface area contributed by atoms with Crippen LogP contribution in [0.3, 0.4) is 0 Å². The van der Waals surface area contributed by atoms with Crippen molar-refractivity contribution in [3.63, 3.8) is 0 Å². The van der Waals surface area contributed by atoms with Crippen LogP contribution in [-0.2, 0) is 11.2 Å². The van der Waals surface area contributed by atoms with Gasteiger partial charge in [-0.2, -0.15) is 0 Å². The third kappa shape index (κ3) is 3.22. The summed E-state index contributed by atoms with van der Waals surface area (Å²) in [5.74, 6) is -1.15. The van der Waals surface area contributed by atoms with Gasteiger partial charge in [-0.15, -0.1) is 0 Å². The molecule has 3 rings (SSSR count). The zero-order valence-electron chi connectivity index (χ0n) is 15.0. The Hall–Kier alpha value is -3.02. The van der Waals surface area contributed by atoms with Gasteiger partial charge in [-0.05, 0) is 30.5 Å². The summed E-state index contributed by atoms with van der Waals surface area (Å²) in [4.78, 5) is 33.0. The molecule has 0 bridgehead atoms. The van der Waals surface area contributed by atoms with Gasteiger partial charge in [0.15, 0.2) is 5.84 Å². The highest BCUT2D eigenvalue weighted by atomic mass is 16.4. The van der Waals surface area contributed by atoms with E-state index in [1.165, 1.54) is 6.07 Å². The summed E-state index contributed by atoms with van der Waals surface area (Å²) < 4.78 is 0. The van der Waals surface area contributed by atoms with Crippen LogP contribution in [0.5, 0.6) is 0 Å². The predicted octanol–water partition coefficient (Wildman–Crippen LogP) is 2.66. The number of carboxylic acids is 1. The van der Waals surface area contributed by atoms with Crippen molar-refractivity contribution >= 4 is 17.7 Å². The van der Waals surface area contributed by atoms with Crippen LogP contribution >= 0.6 is 0 Å². The van der Waals surface area contributed by atoms with Gasteiger partial charge in [0.2, 0.25) is 0 Å². The van der Waals surface area contributed by atoms with E-state index in [1.807, 2.05) is 44.2 Å². The first-order chi connectivity index (χ1) is 12.3. The Labute approximate surface area is 152 Å². The molecule has 0 spiro atoms. The summed E-state index contributed by atoms with van der Waals surface area (Å²) in [6.07, 6.45) is 0.566. The Morgan fingerprint density at radius 2 is 1.88 bits per heavy atom.